The number of benzene rings is 2. The molecule has 1 aliphatic carbocycles. The summed E-state index contributed by atoms with van der Waals surface area (Å²) in [6.45, 7) is 4.72. The van der Waals surface area contributed by atoms with Crippen molar-refractivity contribution in [2.75, 3.05) is 6.54 Å². The van der Waals surface area contributed by atoms with Crippen LogP contribution < -0.4 is 10.6 Å². The van der Waals surface area contributed by atoms with Gasteiger partial charge in [0.1, 0.15) is 5.52 Å². The highest BCUT2D eigenvalue weighted by Gasteiger charge is 2.49. The minimum atomic E-state index is -0.502. The first-order chi connectivity index (χ1) is 21.3. The van der Waals surface area contributed by atoms with E-state index in [2.05, 4.69) is 37.5 Å². The maximum absolute atomic E-state index is 16.8. The molecular weight excluding hydrogens is 600 g/mol. The number of hydrogen-bond acceptors (Lipinski definition) is 6. The molecule has 8 rings (SSSR count). The molecule has 0 unspecified atom stereocenters. The van der Waals surface area contributed by atoms with Crippen LogP contribution in [-0.2, 0) is 6.42 Å². The number of nitrogens with zero attached hydrogens (tertiary/aromatic N) is 5. The topological polar surface area (TPSA) is 109 Å². The number of carbonyl (C=O) groups excluding carboxylic acids is 1. The van der Waals surface area contributed by atoms with Gasteiger partial charge in [0.25, 0.3) is 5.91 Å². The number of nitriles is 1. The Hall–Kier alpha value is -4.10. The highest BCUT2D eigenvalue weighted by molar-refractivity contribution is 6.43. The number of rotatable bonds is 7. The zero-order valence-corrected chi connectivity index (χ0v) is 25.5. The lowest BCUT2D eigenvalue weighted by molar-refractivity contribution is 0.0931. The molecule has 222 valence electrons. The Labute approximate surface area is 263 Å². The minimum Gasteiger partial charge on any atom is -0.343 e. The summed E-state index contributed by atoms with van der Waals surface area (Å²) in [7, 11) is 0. The van der Waals surface area contributed by atoms with Crippen LogP contribution in [0.4, 0.5) is 4.39 Å². The second-order valence-electron chi connectivity index (χ2n) is 11.6. The number of aryl methyl sites for hydroxylation is 2. The van der Waals surface area contributed by atoms with Gasteiger partial charge >= 0.3 is 0 Å². The molecule has 11 heteroatoms. The van der Waals surface area contributed by atoms with Crippen molar-refractivity contribution in [3.05, 3.63) is 87.2 Å². The van der Waals surface area contributed by atoms with E-state index in [1.54, 1.807) is 30.3 Å². The highest BCUT2D eigenvalue weighted by atomic mass is 35.5. The number of carbonyl (C=O) groups is 1. The fourth-order valence-corrected chi connectivity index (χ4v) is 7.34. The van der Waals surface area contributed by atoms with Crippen molar-refractivity contribution in [3.8, 4) is 17.2 Å². The Morgan fingerprint density at radius 2 is 2.09 bits per heavy atom. The normalized spacial score (nSPS) is 19.6. The van der Waals surface area contributed by atoms with E-state index in [9.17, 15) is 10.1 Å². The Morgan fingerprint density at radius 3 is 2.80 bits per heavy atom. The number of pyridine rings is 1. The molecule has 3 fully saturated rings. The van der Waals surface area contributed by atoms with Crippen LogP contribution in [0.2, 0.25) is 10.0 Å². The molecule has 0 radical (unpaired) electrons. The average molecular weight is 629 g/mol. The number of aromatic nitrogens is 4. The summed E-state index contributed by atoms with van der Waals surface area (Å²) < 4.78 is 19.1. The van der Waals surface area contributed by atoms with Gasteiger partial charge in [-0.05, 0) is 68.5 Å². The van der Waals surface area contributed by atoms with E-state index >= 15 is 4.39 Å². The van der Waals surface area contributed by atoms with Crippen molar-refractivity contribution in [2.24, 2.45) is 5.92 Å². The summed E-state index contributed by atoms with van der Waals surface area (Å²) >= 11 is 12.9. The number of halogens is 3. The van der Waals surface area contributed by atoms with Gasteiger partial charge in [-0.25, -0.2) is 9.37 Å². The predicted octanol–water partition coefficient (Wildman–Crippen LogP) is 6.88. The fraction of sp³-hybridized carbons (Fsp3) is 0.303. The van der Waals surface area contributed by atoms with Crippen LogP contribution in [0.15, 0.2) is 48.7 Å². The summed E-state index contributed by atoms with van der Waals surface area (Å²) in [5, 5.41) is 26.1. The van der Waals surface area contributed by atoms with Crippen molar-refractivity contribution in [2.45, 2.75) is 51.2 Å². The molecule has 1 amide bonds. The molecule has 2 aliphatic heterocycles. The largest absolute Gasteiger partial charge is 0.343 e. The van der Waals surface area contributed by atoms with Gasteiger partial charge in [-0.3, -0.25) is 4.79 Å². The molecule has 44 heavy (non-hydrogen) atoms. The van der Waals surface area contributed by atoms with E-state index in [4.69, 9.17) is 28.2 Å². The summed E-state index contributed by atoms with van der Waals surface area (Å²) in [5.41, 5.74) is 4.32. The van der Waals surface area contributed by atoms with E-state index in [-0.39, 0.29) is 46.7 Å². The van der Waals surface area contributed by atoms with Crippen LogP contribution in [0.1, 0.15) is 59.3 Å². The lowest BCUT2D eigenvalue weighted by Gasteiger charge is -2.38. The van der Waals surface area contributed by atoms with Crippen molar-refractivity contribution in [3.63, 3.8) is 0 Å². The number of fused-ring (bicyclic) bond motifs is 4. The van der Waals surface area contributed by atoms with E-state index in [1.807, 2.05) is 19.9 Å². The molecule has 2 aromatic carbocycles. The first-order valence-electron chi connectivity index (χ1n) is 14.6. The Bertz CT molecular complexity index is 1990. The van der Waals surface area contributed by atoms with Crippen LogP contribution in [0.3, 0.4) is 0 Å². The molecule has 5 aromatic rings. The number of amides is 1. The predicted molar refractivity (Wildman–Crippen MR) is 168 cm³/mol. The molecule has 2 saturated heterocycles. The quantitative estimate of drug-likeness (QED) is 0.204. The summed E-state index contributed by atoms with van der Waals surface area (Å²) in [6, 6.07) is 14.6. The average Bonchev–Trinajstić information content (AvgIpc) is 3.76. The molecule has 4 atom stereocenters. The van der Waals surface area contributed by atoms with Crippen molar-refractivity contribution < 1.29 is 9.18 Å². The number of hydrogen-bond donors (Lipinski definition) is 2. The van der Waals surface area contributed by atoms with E-state index in [0.717, 1.165) is 29.6 Å². The summed E-state index contributed by atoms with van der Waals surface area (Å²) in [4.78, 5) is 17.9. The van der Waals surface area contributed by atoms with Gasteiger partial charge in [0, 0.05) is 58.5 Å². The van der Waals surface area contributed by atoms with Crippen LogP contribution in [-0.4, -0.2) is 38.2 Å². The zero-order valence-electron chi connectivity index (χ0n) is 24.0. The van der Waals surface area contributed by atoms with E-state index in [0.29, 0.717) is 45.1 Å². The standard InChI is InChI=1S/C33H28Cl2FN7O/c1-16-21-14-26(17(2)41-33(44)24-9-5-11-39-42-24)43(31-19-13-25(31)38-15-19)32(21)22-12-18(6-4-10-37)27(29(36)30(22)40-16)20-7-3-8-23(34)28(20)35/h3,5,7-9,11-12,14,17,19,25,31,38H,4,6,13,15H2,1-2H3,(H,41,44)/t17-,19-,25-,31+/m1/s1. The lowest BCUT2D eigenvalue weighted by Crippen LogP contribution is -2.40. The van der Waals surface area contributed by atoms with Crippen molar-refractivity contribution in [1.29, 1.82) is 5.26 Å². The van der Waals surface area contributed by atoms with Crippen LogP contribution in [0, 0.1) is 30.0 Å². The van der Waals surface area contributed by atoms with Gasteiger partial charge in [-0.2, -0.15) is 10.4 Å². The monoisotopic (exact) mass is 627 g/mol. The Balaban J connectivity index is 1.48. The maximum Gasteiger partial charge on any atom is 0.272 e. The summed E-state index contributed by atoms with van der Waals surface area (Å²) in [6.07, 6.45) is 3.11. The smallest absolute Gasteiger partial charge is 0.272 e. The minimum absolute atomic E-state index is 0.135. The first kappa shape index (κ1) is 28.7. The Kier molecular flexibility index (Phi) is 7.24. The van der Waals surface area contributed by atoms with Gasteiger partial charge < -0.3 is 15.2 Å². The molecule has 0 spiro atoms. The van der Waals surface area contributed by atoms with Gasteiger partial charge in [-0.1, -0.05) is 35.3 Å². The first-order valence-corrected chi connectivity index (χ1v) is 15.3. The van der Waals surface area contributed by atoms with Gasteiger partial charge in [0.05, 0.1) is 33.7 Å². The second kappa shape index (κ2) is 11.1. The Morgan fingerprint density at radius 1 is 1.25 bits per heavy atom. The van der Waals surface area contributed by atoms with Crippen LogP contribution in [0.5, 0.6) is 0 Å². The van der Waals surface area contributed by atoms with Crippen molar-refractivity contribution in [1.82, 2.24) is 30.4 Å². The molecule has 1 saturated carbocycles. The molecule has 8 nitrogen and oxygen atoms in total. The number of nitrogens with one attached hydrogen (secondary N) is 2. The molecule has 2 N–H and O–H groups in total. The third-order valence-corrected chi connectivity index (χ3v) is 9.85. The molecule has 3 aliphatic rings. The van der Waals surface area contributed by atoms with Crippen LogP contribution in [0.25, 0.3) is 32.9 Å². The molecule has 3 aromatic heterocycles. The summed E-state index contributed by atoms with van der Waals surface area (Å²) in [5.74, 6) is -0.421. The molecular formula is C33H28Cl2FN7O. The van der Waals surface area contributed by atoms with Crippen LogP contribution >= 0.6 is 23.2 Å². The van der Waals surface area contributed by atoms with Gasteiger partial charge in [0.15, 0.2) is 11.5 Å². The SMILES string of the molecule is Cc1nc2c(F)c(-c3cccc(Cl)c3Cl)c(CCC#N)cc2c2c1cc([C@@H](C)NC(=O)c1cccnn1)n2[C@H]1[C@H]2CN[C@@H]1C2. The maximum atomic E-state index is 16.8. The third kappa shape index (κ3) is 4.52. The van der Waals surface area contributed by atoms with Gasteiger partial charge in [-0.15, -0.1) is 5.10 Å². The van der Waals surface area contributed by atoms with E-state index < -0.39 is 5.82 Å². The lowest BCUT2D eigenvalue weighted by atomic mass is 9.79. The third-order valence-electron chi connectivity index (χ3n) is 9.03. The van der Waals surface area contributed by atoms with Crippen molar-refractivity contribution >= 4 is 50.9 Å². The molecule has 5 heterocycles. The van der Waals surface area contributed by atoms with E-state index in [1.165, 1.54) is 6.20 Å². The molecule has 2 bridgehead atoms. The van der Waals surface area contributed by atoms with Gasteiger partial charge in [0.2, 0.25) is 0 Å². The highest BCUT2D eigenvalue weighted by Crippen LogP contribution is 2.49. The second-order valence-corrected chi connectivity index (χ2v) is 12.4. The zero-order chi connectivity index (χ0) is 30.7. The fourth-order valence-electron chi connectivity index (χ4n) is 6.94.